The molecule has 4 aromatic carbocycles. The van der Waals surface area contributed by atoms with Gasteiger partial charge in [0.2, 0.25) is 0 Å². The van der Waals surface area contributed by atoms with Crippen LogP contribution in [0.3, 0.4) is 0 Å². The quantitative estimate of drug-likeness (QED) is 0.319. The molecule has 1 amide bonds. The predicted molar refractivity (Wildman–Crippen MR) is 139 cm³/mol. The van der Waals surface area contributed by atoms with Gasteiger partial charge in [0.05, 0.1) is 28.0 Å². The molecule has 0 spiro atoms. The number of nitrogens with one attached hydrogen (secondary N) is 1. The molecule has 6 heteroatoms. The Kier molecular flexibility index (Phi) is 6.76. The SMILES string of the molecule is O=C(COC(=O)c1ccc2nc(-c3ccccc3)c(-c3ccccc3)nc2c1)NCc1ccccc1. The van der Waals surface area contributed by atoms with Gasteiger partial charge in [-0.3, -0.25) is 4.79 Å². The van der Waals surface area contributed by atoms with Gasteiger partial charge < -0.3 is 10.1 Å². The Bertz CT molecular complexity index is 1500. The molecule has 0 saturated heterocycles. The Morgan fingerprint density at radius 3 is 1.83 bits per heavy atom. The number of carbonyl (C=O) groups is 2. The van der Waals surface area contributed by atoms with Crippen molar-refractivity contribution in [3.63, 3.8) is 0 Å². The number of rotatable bonds is 7. The molecule has 1 heterocycles. The van der Waals surface area contributed by atoms with Gasteiger partial charge in [-0.1, -0.05) is 91.0 Å². The summed E-state index contributed by atoms with van der Waals surface area (Å²) in [6.45, 7) is 0.00634. The highest BCUT2D eigenvalue weighted by molar-refractivity contribution is 5.96. The van der Waals surface area contributed by atoms with Crippen molar-refractivity contribution in [3.8, 4) is 22.5 Å². The summed E-state index contributed by atoms with van der Waals surface area (Å²) in [4.78, 5) is 34.5. The van der Waals surface area contributed by atoms with Crippen molar-refractivity contribution in [2.45, 2.75) is 6.54 Å². The van der Waals surface area contributed by atoms with Crippen LogP contribution in [0.2, 0.25) is 0 Å². The summed E-state index contributed by atoms with van der Waals surface area (Å²) in [5.41, 5.74) is 5.86. The highest BCUT2D eigenvalue weighted by Crippen LogP contribution is 2.31. The molecule has 1 aromatic heterocycles. The fraction of sp³-hybridized carbons (Fsp3) is 0.0667. The van der Waals surface area contributed by atoms with Gasteiger partial charge in [0.1, 0.15) is 0 Å². The van der Waals surface area contributed by atoms with Crippen LogP contribution in [-0.4, -0.2) is 28.5 Å². The lowest BCUT2D eigenvalue weighted by atomic mass is 10.0. The van der Waals surface area contributed by atoms with Crippen LogP contribution >= 0.6 is 0 Å². The molecule has 0 aliphatic rings. The third kappa shape index (κ3) is 5.28. The van der Waals surface area contributed by atoms with Crippen LogP contribution in [0.15, 0.2) is 109 Å². The summed E-state index contributed by atoms with van der Waals surface area (Å²) >= 11 is 0. The van der Waals surface area contributed by atoms with Gasteiger partial charge in [-0.05, 0) is 23.8 Å². The summed E-state index contributed by atoms with van der Waals surface area (Å²) < 4.78 is 5.24. The standard InChI is InChI=1S/C30H23N3O3/c34-27(31-19-21-10-4-1-5-11-21)20-36-30(35)24-16-17-25-26(18-24)33-29(23-14-8-3-9-15-23)28(32-25)22-12-6-2-7-13-22/h1-18H,19-20H2,(H,31,34). The van der Waals surface area contributed by atoms with E-state index in [9.17, 15) is 9.59 Å². The van der Waals surface area contributed by atoms with Gasteiger partial charge >= 0.3 is 5.97 Å². The van der Waals surface area contributed by atoms with Crippen molar-refractivity contribution < 1.29 is 14.3 Å². The largest absolute Gasteiger partial charge is 0.452 e. The number of fused-ring (bicyclic) bond motifs is 1. The number of benzene rings is 4. The third-order valence-corrected chi connectivity index (χ3v) is 5.66. The first kappa shape index (κ1) is 22.9. The Hall–Kier alpha value is -4.84. The fourth-order valence-corrected chi connectivity index (χ4v) is 3.84. The first-order valence-electron chi connectivity index (χ1n) is 11.6. The lowest BCUT2D eigenvalue weighted by Crippen LogP contribution is -2.28. The van der Waals surface area contributed by atoms with Crippen molar-refractivity contribution in [2.75, 3.05) is 6.61 Å². The van der Waals surface area contributed by atoms with Crippen LogP contribution in [0.1, 0.15) is 15.9 Å². The maximum atomic E-state index is 12.7. The van der Waals surface area contributed by atoms with Gasteiger partial charge in [0, 0.05) is 17.7 Å². The summed E-state index contributed by atoms with van der Waals surface area (Å²) in [6.07, 6.45) is 0. The zero-order chi connectivity index (χ0) is 24.7. The molecule has 0 bridgehead atoms. The number of aromatic nitrogens is 2. The highest BCUT2D eigenvalue weighted by atomic mass is 16.5. The van der Waals surface area contributed by atoms with Crippen molar-refractivity contribution in [1.29, 1.82) is 0 Å². The maximum Gasteiger partial charge on any atom is 0.338 e. The Morgan fingerprint density at radius 2 is 1.22 bits per heavy atom. The smallest absolute Gasteiger partial charge is 0.338 e. The minimum atomic E-state index is -0.595. The lowest BCUT2D eigenvalue weighted by molar-refractivity contribution is -0.124. The van der Waals surface area contributed by atoms with E-state index >= 15 is 0 Å². The van der Waals surface area contributed by atoms with Crippen LogP contribution in [0.25, 0.3) is 33.5 Å². The van der Waals surface area contributed by atoms with Gasteiger partial charge in [-0.2, -0.15) is 0 Å². The first-order chi connectivity index (χ1) is 17.7. The highest BCUT2D eigenvalue weighted by Gasteiger charge is 2.16. The molecule has 0 saturated carbocycles. The van der Waals surface area contributed by atoms with E-state index < -0.39 is 5.97 Å². The second kappa shape index (κ2) is 10.6. The molecule has 5 rings (SSSR count). The van der Waals surface area contributed by atoms with Gasteiger partial charge in [0.15, 0.2) is 6.61 Å². The zero-order valence-electron chi connectivity index (χ0n) is 19.4. The molecular weight excluding hydrogens is 450 g/mol. The van der Waals surface area contributed by atoms with Crippen LogP contribution < -0.4 is 5.32 Å². The van der Waals surface area contributed by atoms with E-state index in [0.29, 0.717) is 23.1 Å². The molecule has 176 valence electrons. The number of amides is 1. The molecule has 0 fully saturated rings. The molecule has 6 nitrogen and oxygen atoms in total. The molecule has 0 aliphatic carbocycles. The summed E-state index contributed by atoms with van der Waals surface area (Å²) in [5.74, 6) is -0.964. The van der Waals surface area contributed by atoms with Gasteiger partial charge in [0.25, 0.3) is 5.91 Å². The summed E-state index contributed by atoms with van der Waals surface area (Å²) in [6, 6.07) is 34.3. The van der Waals surface area contributed by atoms with Crippen LogP contribution in [0.5, 0.6) is 0 Å². The molecule has 36 heavy (non-hydrogen) atoms. The summed E-state index contributed by atoms with van der Waals surface area (Å²) in [7, 11) is 0. The number of esters is 1. The van der Waals surface area contributed by atoms with E-state index in [-0.39, 0.29) is 12.5 Å². The first-order valence-corrected chi connectivity index (χ1v) is 11.6. The number of carbonyl (C=O) groups excluding carboxylic acids is 2. The lowest BCUT2D eigenvalue weighted by Gasteiger charge is -2.11. The van der Waals surface area contributed by atoms with Crippen molar-refractivity contribution in [1.82, 2.24) is 15.3 Å². The molecule has 1 N–H and O–H groups in total. The number of hydrogen-bond donors (Lipinski definition) is 1. The molecule has 5 aromatic rings. The minimum Gasteiger partial charge on any atom is -0.452 e. The van der Waals surface area contributed by atoms with Crippen LogP contribution in [-0.2, 0) is 16.1 Å². The molecule has 0 aliphatic heterocycles. The van der Waals surface area contributed by atoms with E-state index in [4.69, 9.17) is 14.7 Å². The fourth-order valence-electron chi connectivity index (χ4n) is 3.84. The van der Waals surface area contributed by atoms with Crippen LogP contribution in [0, 0.1) is 0 Å². The van der Waals surface area contributed by atoms with Gasteiger partial charge in [-0.15, -0.1) is 0 Å². The van der Waals surface area contributed by atoms with E-state index in [1.54, 1.807) is 18.2 Å². The number of ether oxygens (including phenoxy) is 1. The predicted octanol–water partition coefficient (Wildman–Crippen LogP) is 5.44. The van der Waals surface area contributed by atoms with E-state index in [0.717, 1.165) is 28.1 Å². The van der Waals surface area contributed by atoms with E-state index in [1.165, 1.54) is 0 Å². The molecule has 0 radical (unpaired) electrons. The zero-order valence-corrected chi connectivity index (χ0v) is 19.4. The third-order valence-electron chi connectivity index (χ3n) is 5.66. The Morgan fingerprint density at radius 1 is 0.667 bits per heavy atom. The maximum absolute atomic E-state index is 12.7. The van der Waals surface area contributed by atoms with Crippen molar-refractivity contribution in [3.05, 3.63) is 120 Å². The second-order valence-corrected chi connectivity index (χ2v) is 8.19. The Labute approximate surface area is 208 Å². The van der Waals surface area contributed by atoms with E-state index in [2.05, 4.69) is 5.32 Å². The normalized spacial score (nSPS) is 10.7. The van der Waals surface area contributed by atoms with Crippen molar-refractivity contribution in [2.24, 2.45) is 0 Å². The van der Waals surface area contributed by atoms with E-state index in [1.807, 2.05) is 91.0 Å². The topological polar surface area (TPSA) is 81.2 Å². The van der Waals surface area contributed by atoms with Crippen molar-refractivity contribution >= 4 is 22.9 Å². The minimum absolute atomic E-state index is 0.305. The molecular formula is C30H23N3O3. The average molecular weight is 474 g/mol. The second-order valence-electron chi connectivity index (χ2n) is 8.19. The Balaban J connectivity index is 1.37. The van der Waals surface area contributed by atoms with Crippen LogP contribution in [0.4, 0.5) is 0 Å². The monoisotopic (exact) mass is 473 g/mol. The summed E-state index contributed by atoms with van der Waals surface area (Å²) in [5, 5.41) is 2.74. The number of hydrogen-bond acceptors (Lipinski definition) is 5. The molecule has 0 atom stereocenters. The average Bonchev–Trinajstić information content (AvgIpc) is 2.95. The number of nitrogens with zero attached hydrogens (tertiary/aromatic N) is 2. The van der Waals surface area contributed by atoms with Gasteiger partial charge in [-0.25, -0.2) is 14.8 Å². The molecule has 0 unspecified atom stereocenters.